The molecule has 0 radical (unpaired) electrons. The van der Waals surface area contributed by atoms with Gasteiger partial charge in [-0.2, -0.15) is 0 Å². The van der Waals surface area contributed by atoms with Gasteiger partial charge < -0.3 is 15.5 Å². The third kappa shape index (κ3) is 4.75. The highest BCUT2D eigenvalue weighted by molar-refractivity contribution is 6.04. The summed E-state index contributed by atoms with van der Waals surface area (Å²) in [6.07, 6.45) is 0.549. The molecule has 0 unspecified atom stereocenters. The number of halogens is 1. The van der Waals surface area contributed by atoms with Crippen molar-refractivity contribution >= 4 is 11.8 Å². The van der Waals surface area contributed by atoms with Gasteiger partial charge in [-0.05, 0) is 70.1 Å². The molecule has 6 heteroatoms. The first-order valence-electron chi connectivity index (χ1n) is 11.0. The fourth-order valence-electron chi connectivity index (χ4n) is 4.19. The molecule has 2 aromatic carbocycles. The van der Waals surface area contributed by atoms with Gasteiger partial charge in [0, 0.05) is 30.1 Å². The predicted octanol–water partition coefficient (Wildman–Crippen LogP) is 3.45. The zero-order valence-corrected chi connectivity index (χ0v) is 19.5. The van der Waals surface area contributed by atoms with E-state index in [4.69, 9.17) is 0 Å². The topological polar surface area (TPSA) is 61.4 Å². The van der Waals surface area contributed by atoms with Crippen molar-refractivity contribution < 1.29 is 14.0 Å². The van der Waals surface area contributed by atoms with Crippen LogP contribution >= 0.6 is 0 Å². The van der Waals surface area contributed by atoms with Gasteiger partial charge in [0.2, 0.25) is 5.91 Å². The molecule has 0 bridgehead atoms. The average molecular weight is 438 g/mol. The molecule has 1 aliphatic rings. The normalized spacial score (nSPS) is 18.5. The Labute approximate surface area is 189 Å². The van der Waals surface area contributed by atoms with Crippen LogP contribution in [0.5, 0.6) is 0 Å². The van der Waals surface area contributed by atoms with Crippen LogP contribution in [0.2, 0.25) is 0 Å². The van der Waals surface area contributed by atoms with E-state index in [9.17, 15) is 14.0 Å². The molecule has 0 saturated carbocycles. The van der Waals surface area contributed by atoms with Crippen LogP contribution in [0.25, 0.3) is 0 Å². The van der Waals surface area contributed by atoms with Gasteiger partial charge in [-0.3, -0.25) is 9.59 Å². The van der Waals surface area contributed by atoms with Crippen LogP contribution in [-0.2, 0) is 16.6 Å². The Balaban J connectivity index is 1.64. The number of allylic oxidation sites excluding steroid dienone is 1. The van der Waals surface area contributed by atoms with Crippen LogP contribution in [0.15, 0.2) is 59.7 Å². The monoisotopic (exact) mass is 437 g/mol. The molecule has 0 fully saturated rings. The summed E-state index contributed by atoms with van der Waals surface area (Å²) in [4.78, 5) is 26.9. The van der Waals surface area contributed by atoms with Crippen molar-refractivity contribution in [3.63, 3.8) is 0 Å². The minimum atomic E-state index is -0.535. The summed E-state index contributed by atoms with van der Waals surface area (Å²) in [5.74, 6) is -1.01. The zero-order chi connectivity index (χ0) is 23.5. The number of hydrogen-bond acceptors (Lipinski definition) is 3. The van der Waals surface area contributed by atoms with E-state index in [-0.39, 0.29) is 22.9 Å². The summed E-state index contributed by atoms with van der Waals surface area (Å²) < 4.78 is 14.4. The maximum atomic E-state index is 14.4. The Morgan fingerprint density at radius 2 is 1.75 bits per heavy atom. The van der Waals surface area contributed by atoms with Gasteiger partial charge in [-0.1, -0.05) is 36.4 Å². The lowest BCUT2D eigenvalue weighted by atomic mass is 9.90. The van der Waals surface area contributed by atoms with Crippen LogP contribution in [0.1, 0.15) is 42.3 Å². The van der Waals surface area contributed by atoms with Gasteiger partial charge in [-0.15, -0.1) is 0 Å². The second kappa shape index (κ2) is 9.65. The smallest absolute Gasteiger partial charge is 0.254 e. The molecule has 0 spiro atoms. The SMILES string of the molecule is CCNC(=O)c1ccc(C[C@@H](CNC(=O)C2=C(C)[C@@]2(C)c2ccccc2)N(C)C)cc1F. The Kier molecular flexibility index (Phi) is 7.14. The second-order valence-electron chi connectivity index (χ2n) is 8.70. The summed E-state index contributed by atoms with van der Waals surface area (Å²) >= 11 is 0. The van der Waals surface area contributed by atoms with E-state index in [0.717, 1.165) is 22.3 Å². The lowest BCUT2D eigenvalue weighted by Crippen LogP contribution is -2.42. The fraction of sp³-hybridized carbons (Fsp3) is 0.385. The first kappa shape index (κ1) is 23.7. The molecule has 0 saturated heterocycles. The van der Waals surface area contributed by atoms with Gasteiger partial charge in [0.05, 0.1) is 5.56 Å². The van der Waals surface area contributed by atoms with E-state index in [1.54, 1.807) is 13.0 Å². The predicted molar refractivity (Wildman–Crippen MR) is 125 cm³/mol. The third-order valence-corrected chi connectivity index (χ3v) is 6.46. The van der Waals surface area contributed by atoms with Crippen molar-refractivity contribution in [3.8, 4) is 0 Å². The van der Waals surface area contributed by atoms with E-state index in [1.165, 1.54) is 12.1 Å². The van der Waals surface area contributed by atoms with Crippen molar-refractivity contribution in [2.45, 2.75) is 38.6 Å². The van der Waals surface area contributed by atoms with Gasteiger partial charge in [0.25, 0.3) is 5.91 Å². The highest BCUT2D eigenvalue weighted by Crippen LogP contribution is 2.53. The van der Waals surface area contributed by atoms with Crippen molar-refractivity contribution in [1.82, 2.24) is 15.5 Å². The highest BCUT2D eigenvalue weighted by atomic mass is 19.1. The van der Waals surface area contributed by atoms with Crippen LogP contribution < -0.4 is 10.6 Å². The molecule has 5 nitrogen and oxygen atoms in total. The number of amides is 2. The second-order valence-corrected chi connectivity index (χ2v) is 8.70. The van der Waals surface area contributed by atoms with Crippen molar-refractivity contribution in [2.24, 2.45) is 0 Å². The Bertz CT molecular complexity index is 1030. The van der Waals surface area contributed by atoms with Crippen LogP contribution in [0.4, 0.5) is 4.39 Å². The minimum absolute atomic E-state index is 0.0173. The number of likely N-dealkylation sites (N-methyl/N-ethyl adjacent to an activating group) is 1. The molecule has 2 atom stereocenters. The summed E-state index contributed by atoms with van der Waals surface area (Å²) in [6, 6.07) is 14.7. The molecule has 0 aromatic heterocycles. The summed E-state index contributed by atoms with van der Waals surface area (Å²) in [7, 11) is 3.87. The Morgan fingerprint density at radius 1 is 1.06 bits per heavy atom. The number of benzene rings is 2. The number of carbonyl (C=O) groups excluding carboxylic acids is 2. The summed E-state index contributed by atoms with van der Waals surface area (Å²) in [5.41, 5.74) is 3.54. The summed E-state index contributed by atoms with van der Waals surface area (Å²) in [6.45, 7) is 6.76. The lowest BCUT2D eigenvalue weighted by molar-refractivity contribution is -0.117. The molecular weight excluding hydrogens is 405 g/mol. The van der Waals surface area contributed by atoms with Crippen molar-refractivity contribution in [1.29, 1.82) is 0 Å². The maximum Gasteiger partial charge on any atom is 0.254 e. The van der Waals surface area contributed by atoms with Gasteiger partial charge in [0.15, 0.2) is 0 Å². The van der Waals surface area contributed by atoms with Gasteiger partial charge in [0.1, 0.15) is 5.82 Å². The molecule has 32 heavy (non-hydrogen) atoms. The number of hydrogen-bond donors (Lipinski definition) is 2. The molecule has 2 aromatic rings. The maximum absolute atomic E-state index is 14.4. The van der Waals surface area contributed by atoms with Crippen molar-refractivity contribution in [2.75, 3.05) is 27.2 Å². The quantitative estimate of drug-likeness (QED) is 0.632. The molecule has 3 rings (SSSR count). The molecule has 0 heterocycles. The molecular formula is C26H32FN3O2. The highest BCUT2D eigenvalue weighted by Gasteiger charge is 2.51. The fourth-order valence-corrected chi connectivity index (χ4v) is 4.19. The van der Waals surface area contributed by atoms with E-state index in [1.807, 2.05) is 56.3 Å². The lowest BCUT2D eigenvalue weighted by Gasteiger charge is -2.25. The molecule has 0 aliphatic heterocycles. The Morgan fingerprint density at radius 3 is 2.34 bits per heavy atom. The van der Waals surface area contributed by atoms with E-state index < -0.39 is 11.7 Å². The number of nitrogens with zero attached hydrogens (tertiary/aromatic N) is 1. The van der Waals surface area contributed by atoms with Crippen molar-refractivity contribution in [3.05, 3.63) is 82.2 Å². The number of nitrogens with one attached hydrogen (secondary N) is 2. The van der Waals surface area contributed by atoms with Crippen LogP contribution in [-0.4, -0.2) is 49.9 Å². The van der Waals surface area contributed by atoms with E-state index in [0.29, 0.717) is 19.5 Å². The largest absolute Gasteiger partial charge is 0.352 e. The van der Waals surface area contributed by atoms with Gasteiger partial charge in [-0.25, -0.2) is 4.39 Å². The average Bonchev–Trinajstić information content (AvgIpc) is 3.33. The molecule has 1 aliphatic carbocycles. The van der Waals surface area contributed by atoms with Crippen LogP contribution in [0, 0.1) is 5.82 Å². The molecule has 170 valence electrons. The number of carbonyl (C=O) groups is 2. The standard InChI is InChI=1S/C26H32FN3O2/c1-6-28-24(31)21-13-12-18(15-22(21)27)14-20(30(4)5)16-29-25(32)23-17(2)26(23,3)19-10-8-7-9-11-19/h7-13,15,20H,6,14,16H2,1-5H3,(H,28,31)(H,29,32)/t20-,26-/m0/s1. The summed E-state index contributed by atoms with van der Waals surface area (Å²) in [5, 5.41) is 5.68. The zero-order valence-electron chi connectivity index (χ0n) is 19.5. The van der Waals surface area contributed by atoms with E-state index in [2.05, 4.69) is 17.6 Å². The van der Waals surface area contributed by atoms with E-state index >= 15 is 0 Å². The Hall–Kier alpha value is -2.99. The molecule has 2 amide bonds. The minimum Gasteiger partial charge on any atom is -0.352 e. The first-order chi connectivity index (χ1) is 15.2. The van der Waals surface area contributed by atoms with Gasteiger partial charge >= 0.3 is 0 Å². The first-order valence-corrected chi connectivity index (χ1v) is 11.0. The van der Waals surface area contributed by atoms with Crippen LogP contribution in [0.3, 0.4) is 0 Å². The number of rotatable bonds is 9. The third-order valence-electron chi connectivity index (χ3n) is 6.46. The molecule has 2 N–H and O–H groups in total.